The fraction of sp³-hybridized carbons (Fsp3) is 0.478. The van der Waals surface area contributed by atoms with Crippen molar-refractivity contribution in [3.8, 4) is 5.75 Å². The Morgan fingerprint density at radius 1 is 1.24 bits per heavy atom. The van der Waals surface area contributed by atoms with Gasteiger partial charge in [0.1, 0.15) is 5.75 Å². The predicted molar refractivity (Wildman–Crippen MR) is 119 cm³/mol. The average molecular weight is 490 g/mol. The van der Waals surface area contributed by atoms with Gasteiger partial charge in [-0.25, -0.2) is 12.7 Å². The molecule has 2 aromatic carbocycles. The van der Waals surface area contributed by atoms with Gasteiger partial charge in [0.05, 0.1) is 28.1 Å². The van der Waals surface area contributed by atoms with Crippen molar-refractivity contribution < 1.29 is 35.5 Å². The van der Waals surface area contributed by atoms with Crippen molar-refractivity contribution in [3.05, 3.63) is 65.2 Å². The molecule has 0 radical (unpaired) electrons. The van der Waals surface area contributed by atoms with Crippen LogP contribution >= 0.6 is 0 Å². The zero-order chi connectivity index (χ0) is 26.9. The SMILES string of the molecule is [2H]C([2H])([2H])Oc1cccc(C2(O)CCN(S(=O)(=O)Cc3cccc(C(F)(F)F)c3)CC2CN(C)C)c1. The van der Waals surface area contributed by atoms with Crippen LogP contribution in [0.15, 0.2) is 48.5 Å². The van der Waals surface area contributed by atoms with E-state index in [1.54, 1.807) is 31.1 Å². The second-order valence-electron chi connectivity index (χ2n) is 8.58. The molecule has 1 saturated heterocycles. The van der Waals surface area contributed by atoms with Crippen molar-refractivity contribution in [2.75, 3.05) is 40.8 Å². The monoisotopic (exact) mass is 489 g/mol. The highest BCUT2D eigenvalue weighted by molar-refractivity contribution is 7.88. The summed E-state index contributed by atoms with van der Waals surface area (Å²) < 4.78 is 93.6. The Kier molecular flexibility index (Phi) is 6.23. The van der Waals surface area contributed by atoms with Crippen molar-refractivity contribution >= 4 is 10.0 Å². The molecular weight excluding hydrogens is 457 g/mol. The van der Waals surface area contributed by atoms with E-state index in [4.69, 9.17) is 8.85 Å². The summed E-state index contributed by atoms with van der Waals surface area (Å²) in [6.07, 6.45) is -4.58. The third kappa shape index (κ3) is 5.87. The topological polar surface area (TPSA) is 70.1 Å². The molecule has 0 saturated carbocycles. The van der Waals surface area contributed by atoms with E-state index in [0.717, 1.165) is 12.1 Å². The first kappa shape index (κ1) is 21.4. The molecule has 6 nitrogen and oxygen atoms in total. The van der Waals surface area contributed by atoms with Gasteiger partial charge < -0.3 is 14.7 Å². The Hall–Kier alpha value is -2.14. The van der Waals surface area contributed by atoms with Crippen LogP contribution in [0.3, 0.4) is 0 Å². The van der Waals surface area contributed by atoms with E-state index < -0.39 is 46.1 Å². The number of aliphatic hydroxyl groups is 1. The van der Waals surface area contributed by atoms with Crippen molar-refractivity contribution in [2.45, 2.75) is 24.0 Å². The summed E-state index contributed by atoms with van der Waals surface area (Å²) in [5.41, 5.74) is -2.00. The first-order valence-electron chi connectivity index (χ1n) is 11.8. The number of methoxy groups -OCH3 is 1. The number of halogens is 3. The highest BCUT2D eigenvalue weighted by Crippen LogP contribution is 2.40. The molecule has 33 heavy (non-hydrogen) atoms. The number of benzene rings is 2. The van der Waals surface area contributed by atoms with E-state index in [1.807, 2.05) is 0 Å². The molecule has 10 heteroatoms. The van der Waals surface area contributed by atoms with E-state index in [1.165, 1.54) is 28.6 Å². The van der Waals surface area contributed by atoms with Gasteiger partial charge >= 0.3 is 6.18 Å². The Morgan fingerprint density at radius 3 is 2.64 bits per heavy atom. The van der Waals surface area contributed by atoms with E-state index >= 15 is 0 Å². The molecule has 2 atom stereocenters. The second kappa shape index (κ2) is 9.61. The lowest BCUT2D eigenvalue weighted by Gasteiger charge is -2.45. The van der Waals surface area contributed by atoms with Gasteiger partial charge in [0.15, 0.2) is 0 Å². The number of alkyl halides is 3. The molecule has 1 N–H and O–H groups in total. The summed E-state index contributed by atoms with van der Waals surface area (Å²) in [6.45, 7) is 0.169. The van der Waals surface area contributed by atoms with Gasteiger partial charge in [0.25, 0.3) is 0 Å². The number of hydrogen-bond donors (Lipinski definition) is 1. The summed E-state index contributed by atoms with van der Waals surface area (Å²) in [5, 5.41) is 11.7. The molecule has 2 unspecified atom stereocenters. The first-order chi connectivity index (χ1) is 16.5. The quantitative estimate of drug-likeness (QED) is 0.646. The van der Waals surface area contributed by atoms with E-state index in [9.17, 15) is 26.7 Å². The molecule has 182 valence electrons. The van der Waals surface area contributed by atoms with Crippen LogP contribution in [0.2, 0.25) is 0 Å². The lowest BCUT2D eigenvalue weighted by Crippen LogP contribution is -2.54. The number of nitrogens with zero attached hydrogens (tertiary/aromatic N) is 2. The summed E-state index contributed by atoms with van der Waals surface area (Å²) in [5.74, 6) is -1.17. The minimum Gasteiger partial charge on any atom is -0.497 e. The van der Waals surface area contributed by atoms with Gasteiger partial charge in [0.2, 0.25) is 10.0 Å². The molecule has 0 spiro atoms. The average Bonchev–Trinajstić information content (AvgIpc) is 2.73. The lowest BCUT2D eigenvalue weighted by atomic mass is 9.76. The van der Waals surface area contributed by atoms with Crippen molar-refractivity contribution in [2.24, 2.45) is 5.92 Å². The zero-order valence-electron chi connectivity index (χ0n) is 21.3. The number of piperidine rings is 1. The highest BCUT2D eigenvalue weighted by Gasteiger charge is 2.45. The molecule has 2 aromatic rings. The van der Waals surface area contributed by atoms with Crippen LogP contribution in [0, 0.1) is 5.92 Å². The second-order valence-corrected chi connectivity index (χ2v) is 10.5. The van der Waals surface area contributed by atoms with Gasteiger partial charge in [-0.05, 0) is 49.8 Å². The standard InChI is InChI=1S/C23H29F3N2O4S/c1-27(2)14-20-15-28(11-10-22(20,29)18-7-5-9-21(13-18)32-3)33(30,31)16-17-6-4-8-19(12-17)23(24,25)26/h4-9,12-13,20,29H,10-11,14-16H2,1-3H3/i3D3. The number of sulfonamides is 1. The Labute approximate surface area is 196 Å². The predicted octanol–water partition coefficient (Wildman–Crippen LogP) is 3.32. The molecule has 0 amide bonds. The molecule has 1 heterocycles. The van der Waals surface area contributed by atoms with Crippen LogP contribution in [0.5, 0.6) is 5.75 Å². The van der Waals surface area contributed by atoms with Crippen LogP contribution < -0.4 is 4.74 Å². The van der Waals surface area contributed by atoms with Crippen LogP contribution in [0.25, 0.3) is 0 Å². The van der Waals surface area contributed by atoms with E-state index in [0.29, 0.717) is 12.1 Å². The zero-order valence-corrected chi connectivity index (χ0v) is 19.2. The van der Waals surface area contributed by atoms with Gasteiger partial charge in [-0.3, -0.25) is 0 Å². The molecular formula is C23H29F3N2O4S. The van der Waals surface area contributed by atoms with Crippen molar-refractivity contribution in [1.29, 1.82) is 0 Å². The normalized spacial score (nSPS) is 24.2. The minimum absolute atomic E-state index is 0.00451. The summed E-state index contributed by atoms with van der Waals surface area (Å²) >= 11 is 0. The molecule has 1 aliphatic rings. The van der Waals surface area contributed by atoms with Crippen LogP contribution in [0.1, 0.15) is 27.2 Å². The summed E-state index contributed by atoms with van der Waals surface area (Å²) in [6, 6.07) is 10.3. The van der Waals surface area contributed by atoms with E-state index in [2.05, 4.69) is 0 Å². The van der Waals surface area contributed by atoms with Gasteiger partial charge in [-0.2, -0.15) is 13.2 Å². The van der Waals surface area contributed by atoms with Crippen LogP contribution in [-0.2, 0) is 27.6 Å². The Morgan fingerprint density at radius 2 is 1.97 bits per heavy atom. The summed E-state index contributed by atoms with van der Waals surface area (Å²) in [7, 11) is -3.13. The fourth-order valence-corrected chi connectivity index (χ4v) is 5.80. The number of hydrogen-bond acceptors (Lipinski definition) is 5. The molecule has 0 bridgehead atoms. The van der Waals surface area contributed by atoms with Gasteiger partial charge in [-0.15, -0.1) is 0 Å². The van der Waals surface area contributed by atoms with Crippen molar-refractivity contribution in [3.63, 3.8) is 0 Å². The summed E-state index contributed by atoms with van der Waals surface area (Å²) in [4.78, 5) is 1.79. The maximum atomic E-state index is 13.2. The molecule has 0 aliphatic carbocycles. The third-order valence-electron chi connectivity index (χ3n) is 5.88. The lowest BCUT2D eigenvalue weighted by molar-refractivity contribution is -0.137. The maximum Gasteiger partial charge on any atom is 0.416 e. The first-order valence-corrected chi connectivity index (χ1v) is 11.9. The molecule has 1 fully saturated rings. The van der Waals surface area contributed by atoms with Crippen LogP contribution in [-0.4, -0.2) is 63.5 Å². The highest BCUT2D eigenvalue weighted by atomic mass is 32.2. The largest absolute Gasteiger partial charge is 0.497 e. The van der Waals surface area contributed by atoms with Gasteiger partial charge in [0, 0.05) is 25.6 Å². The maximum absolute atomic E-state index is 13.2. The fourth-order valence-electron chi connectivity index (χ4n) is 4.24. The minimum atomic E-state index is -4.59. The van der Waals surface area contributed by atoms with Gasteiger partial charge in [-0.1, -0.05) is 30.3 Å². The Bertz CT molecular complexity index is 1180. The number of rotatable bonds is 7. The molecule has 1 aliphatic heterocycles. The molecule has 3 rings (SSSR count). The smallest absolute Gasteiger partial charge is 0.416 e. The Balaban J connectivity index is 1.86. The third-order valence-corrected chi connectivity index (χ3v) is 7.69. The van der Waals surface area contributed by atoms with Crippen LogP contribution in [0.4, 0.5) is 13.2 Å². The van der Waals surface area contributed by atoms with E-state index in [-0.39, 0.29) is 30.8 Å². The van der Waals surface area contributed by atoms with Crippen molar-refractivity contribution in [1.82, 2.24) is 9.21 Å². The number of ether oxygens (including phenoxy) is 1. The molecule has 0 aromatic heterocycles.